The van der Waals surface area contributed by atoms with Crippen molar-refractivity contribution in [2.45, 2.75) is 32.4 Å². The number of nitrogens with two attached hydrogens (primary N) is 1. The van der Waals surface area contributed by atoms with Crippen molar-refractivity contribution in [2.75, 3.05) is 12.3 Å². The van der Waals surface area contributed by atoms with E-state index in [1.807, 2.05) is 11.8 Å². The van der Waals surface area contributed by atoms with Gasteiger partial charge in [0.25, 0.3) is 0 Å². The van der Waals surface area contributed by atoms with E-state index in [0.717, 1.165) is 17.9 Å². The summed E-state index contributed by atoms with van der Waals surface area (Å²) in [5.74, 6) is 0.706. The van der Waals surface area contributed by atoms with Crippen LogP contribution in [0.2, 0.25) is 0 Å². The number of hydrogen-bond donors (Lipinski definition) is 2. The second-order valence-corrected chi connectivity index (χ2v) is 5.85. The van der Waals surface area contributed by atoms with Gasteiger partial charge < -0.3 is 15.7 Å². The number of β-lactam (4-membered cyclic amide) rings is 1. The van der Waals surface area contributed by atoms with E-state index in [2.05, 4.69) is 4.99 Å². The number of amides is 1. The third-order valence-corrected chi connectivity index (χ3v) is 4.75. The highest BCUT2D eigenvalue weighted by Crippen LogP contribution is 2.46. The van der Waals surface area contributed by atoms with E-state index < -0.39 is 6.10 Å². The maximum Gasteiger partial charge on any atom is 0.234 e. The van der Waals surface area contributed by atoms with Crippen LogP contribution in [0.25, 0.3) is 0 Å². The van der Waals surface area contributed by atoms with Crippen molar-refractivity contribution in [3.63, 3.8) is 0 Å². The third-order valence-electron chi connectivity index (χ3n) is 3.55. The third kappa shape index (κ3) is 2.14. The monoisotopic (exact) mass is 269 g/mol. The van der Waals surface area contributed by atoms with Crippen molar-refractivity contribution in [3.8, 4) is 0 Å². The number of nitrogens with zero attached hydrogens (tertiary/aromatic N) is 2. The lowest BCUT2D eigenvalue weighted by Gasteiger charge is -2.45. The van der Waals surface area contributed by atoms with Crippen LogP contribution in [0.5, 0.6) is 0 Å². The first kappa shape index (κ1) is 13.4. The predicted molar refractivity (Wildman–Crippen MR) is 73.1 cm³/mol. The normalized spacial score (nSPS) is 28.8. The van der Waals surface area contributed by atoms with Crippen molar-refractivity contribution in [3.05, 3.63) is 10.6 Å². The van der Waals surface area contributed by atoms with Gasteiger partial charge in [0.15, 0.2) is 0 Å². The van der Waals surface area contributed by atoms with Gasteiger partial charge in [0.2, 0.25) is 5.91 Å². The summed E-state index contributed by atoms with van der Waals surface area (Å²) in [6.07, 6.45) is 1.62. The lowest BCUT2D eigenvalue weighted by molar-refractivity contribution is -0.157. The molecule has 18 heavy (non-hydrogen) atoms. The quantitative estimate of drug-likeness (QED) is 0.331. The molecule has 1 amide bonds. The Kier molecular flexibility index (Phi) is 3.97. The molecule has 2 rings (SSSR count). The molecular weight excluding hydrogens is 250 g/mol. The highest BCUT2D eigenvalue weighted by Gasteiger charge is 2.53. The molecule has 2 aliphatic heterocycles. The fourth-order valence-corrected chi connectivity index (χ4v) is 3.70. The second kappa shape index (κ2) is 5.32. The number of aliphatic imine (C=N–C) groups is 1. The highest BCUT2D eigenvalue weighted by atomic mass is 32.2. The number of thioether (sulfide) groups is 1. The Morgan fingerprint density at radius 2 is 2.44 bits per heavy atom. The number of hydrogen-bond acceptors (Lipinski definition) is 4. The lowest BCUT2D eigenvalue weighted by Crippen LogP contribution is -2.60. The molecule has 1 saturated heterocycles. The molecule has 3 N–H and O–H groups in total. The smallest absolute Gasteiger partial charge is 0.234 e. The summed E-state index contributed by atoms with van der Waals surface area (Å²) in [6.45, 7) is 4.36. The molecule has 5 nitrogen and oxygen atoms in total. The number of carbonyl (C=O) groups is 1. The summed E-state index contributed by atoms with van der Waals surface area (Å²) in [6, 6.07) is 0.165. The van der Waals surface area contributed by atoms with Gasteiger partial charge in [0.1, 0.15) is 0 Å². The van der Waals surface area contributed by atoms with Crippen molar-refractivity contribution in [1.29, 1.82) is 0 Å². The Morgan fingerprint density at radius 3 is 3.06 bits per heavy atom. The van der Waals surface area contributed by atoms with Gasteiger partial charge in [-0.15, -0.1) is 11.8 Å². The van der Waals surface area contributed by atoms with Crippen LogP contribution in [0.4, 0.5) is 0 Å². The number of allylic oxidation sites excluding steroid dienone is 1. The molecule has 0 bridgehead atoms. The summed E-state index contributed by atoms with van der Waals surface area (Å²) in [5, 5.41) is 9.60. The molecule has 0 spiro atoms. The summed E-state index contributed by atoms with van der Waals surface area (Å²) < 4.78 is 0. The van der Waals surface area contributed by atoms with Crippen molar-refractivity contribution >= 4 is 24.0 Å². The maximum atomic E-state index is 11.9. The Hall–Kier alpha value is -1.01. The van der Waals surface area contributed by atoms with Gasteiger partial charge in [-0.2, -0.15) is 0 Å². The van der Waals surface area contributed by atoms with E-state index in [4.69, 9.17) is 5.73 Å². The van der Waals surface area contributed by atoms with Crippen molar-refractivity contribution in [2.24, 2.45) is 16.6 Å². The summed E-state index contributed by atoms with van der Waals surface area (Å²) in [5.41, 5.74) is 6.23. The van der Waals surface area contributed by atoms with E-state index in [-0.39, 0.29) is 17.9 Å². The summed E-state index contributed by atoms with van der Waals surface area (Å²) in [7, 11) is 0. The topological polar surface area (TPSA) is 78.9 Å². The summed E-state index contributed by atoms with van der Waals surface area (Å²) in [4.78, 5) is 18.9. The van der Waals surface area contributed by atoms with Crippen molar-refractivity contribution < 1.29 is 9.90 Å². The minimum Gasteiger partial charge on any atom is -0.393 e. The minimum atomic E-state index is -0.558. The fourth-order valence-electron chi connectivity index (χ4n) is 2.66. The van der Waals surface area contributed by atoms with Gasteiger partial charge in [0.05, 0.1) is 30.9 Å². The minimum absolute atomic E-state index is 0.0584. The fraction of sp³-hybridized carbons (Fsp3) is 0.667. The molecule has 0 aliphatic carbocycles. The average molecular weight is 269 g/mol. The van der Waals surface area contributed by atoms with Gasteiger partial charge in [-0.3, -0.25) is 9.79 Å². The van der Waals surface area contributed by atoms with E-state index in [1.54, 1.807) is 18.7 Å². The Morgan fingerprint density at radius 1 is 1.72 bits per heavy atom. The molecule has 1 fully saturated rings. The van der Waals surface area contributed by atoms with E-state index in [0.29, 0.717) is 6.54 Å². The number of aliphatic hydroxyl groups excluding tert-OH is 1. The molecule has 2 aliphatic rings. The van der Waals surface area contributed by atoms with Crippen LogP contribution in [0, 0.1) is 5.92 Å². The first-order chi connectivity index (χ1) is 8.57. The van der Waals surface area contributed by atoms with E-state index >= 15 is 0 Å². The number of carbonyl (C=O) groups excluding carboxylic acids is 1. The molecule has 3 atom stereocenters. The Balaban J connectivity index is 1.95. The number of fused-ring (bicyclic) bond motifs is 1. The Labute approximate surface area is 111 Å². The average Bonchev–Trinajstić information content (AvgIpc) is 2.57. The SMILES string of the molecule is CC1=C(SCCN=CN)CC2C(C(C)O)C(=O)N12. The van der Waals surface area contributed by atoms with Crippen LogP contribution in [-0.2, 0) is 4.79 Å². The van der Waals surface area contributed by atoms with Crippen LogP contribution in [0.1, 0.15) is 20.3 Å². The molecule has 3 unspecified atom stereocenters. The highest BCUT2D eigenvalue weighted by molar-refractivity contribution is 8.03. The van der Waals surface area contributed by atoms with Crippen LogP contribution < -0.4 is 5.73 Å². The molecule has 0 saturated carbocycles. The van der Waals surface area contributed by atoms with E-state index in [9.17, 15) is 9.90 Å². The second-order valence-electron chi connectivity index (χ2n) is 4.66. The molecule has 0 aromatic heterocycles. The zero-order valence-corrected chi connectivity index (χ0v) is 11.5. The van der Waals surface area contributed by atoms with Crippen LogP contribution in [-0.4, -0.2) is 46.7 Å². The van der Waals surface area contributed by atoms with Gasteiger partial charge in [-0.1, -0.05) is 0 Å². The van der Waals surface area contributed by atoms with Gasteiger partial charge in [-0.05, 0) is 13.8 Å². The lowest BCUT2D eigenvalue weighted by atomic mass is 9.83. The number of aliphatic hydroxyl groups is 1. The van der Waals surface area contributed by atoms with Crippen LogP contribution >= 0.6 is 11.8 Å². The molecule has 6 heteroatoms. The first-order valence-corrected chi connectivity index (χ1v) is 7.10. The number of rotatable bonds is 5. The van der Waals surface area contributed by atoms with E-state index in [1.165, 1.54) is 11.2 Å². The summed E-state index contributed by atoms with van der Waals surface area (Å²) >= 11 is 1.73. The van der Waals surface area contributed by atoms with Gasteiger partial charge in [-0.25, -0.2) is 0 Å². The molecular formula is C12H19N3O2S. The van der Waals surface area contributed by atoms with Gasteiger partial charge >= 0.3 is 0 Å². The van der Waals surface area contributed by atoms with Crippen LogP contribution in [0.3, 0.4) is 0 Å². The van der Waals surface area contributed by atoms with Crippen LogP contribution in [0.15, 0.2) is 15.6 Å². The first-order valence-electron chi connectivity index (χ1n) is 6.11. The zero-order valence-electron chi connectivity index (χ0n) is 10.7. The maximum absolute atomic E-state index is 11.9. The largest absolute Gasteiger partial charge is 0.393 e. The Bertz CT molecular complexity index is 406. The van der Waals surface area contributed by atoms with Gasteiger partial charge in [0, 0.05) is 22.8 Å². The zero-order chi connectivity index (χ0) is 13.3. The molecule has 0 radical (unpaired) electrons. The molecule has 2 heterocycles. The molecule has 0 aromatic rings. The predicted octanol–water partition coefficient (Wildman–Crippen LogP) is 0.550. The molecule has 0 aromatic carbocycles. The standard InChI is InChI=1S/C12H19N3O2S/c1-7-10(18-4-3-14-6-13)5-9-11(8(2)16)12(17)15(7)9/h6,8-9,11,16H,3-5H2,1-2H3,(H2,13,14). The molecule has 100 valence electrons. The van der Waals surface area contributed by atoms with Crippen molar-refractivity contribution in [1.82, 2.24) is 4.90 Å².